The Morgan fingerprint density at radius 1 is 1.03 bits per heavy atom. The van der Waals surface area contributed by atoms with Gasteiger partial charge in [0.15, 0.2) is 0 Å². The fraction of sp³-hybridized carbons (Fsp3) is 0.542. The molecule has 0 saturated carbocycles. The summed E-state index contributed by atoms with van der Waals surface area (Å²) in [5.74, 6) is 0.715. The highest BCUT2D eigenvalue weighted by Gasteiger charge is 2.25. The maximum Gasteiger partial charge on any atom is 0.224 e. The van der Waals surface area contributed by atoms with Gasteiger partial charge in [-0.2, -0.15) is 10.1 Å². The molecule has 0 fully saturated rings. The van der Waals surface area contributed by atoms with E-state index in [2.05, 4.69) is 72.1 Å². The molecule has 0 bridgehead atoms. The van der Waals surface area contributed by atoms with E-state index in [-0.39, 0.29) is 6.04 Å². The van der Waals surface area contributed by atoms with Crippen LogP contribution in [0.1, 0.15) is 73.6 Å². The summed E-state index contributed by atoms with van der Waals surface area (Å²) in [4.78, 5) is 6.95. The van der Waals surface area contributed by atoms with Gasteiger partial charge in [-0.3, -0.25) is 4.68 Å². The molecular weight excluding hydrogens is 418 g/mol. The topological polar surface area (TPSA) is 74.7 Å². The van der Waals surface area contributed by atoms with Crippen LogP contribution < -0.4 is 5.32 Å². The minimum atomic E-state index is 0.283. The summed E-state index contributed by atoms with van der Waals surface area (Å²) in [5, 5.41) is 17.6. The molecule has 0 aliphatic heterocycles. The number of rotatable bonds is 7. The van der Waals surface area contributed by atoms with E-state index < -0.39 is 0 Å². The second kappa shape index (κ2) is 8.56. The standard InChI is InChI=1S/C24H33N7S/c1-14(2)31-20(15(3)30(4)5)13-21(29-31)32-24-26-23(27-28-24)25-22-18-10-6-8-16(18)12-17-9-7-11-19(17)22/h12-15H,6-11H2,1-5H3,(H2,25,26,27,28). The number of hydrogen-bond donors (Lipinski definition) is 2. The lowest BCUT2D eigenvalue weighted by Gasteiger charge is -2.22. The summed E-state index contributed by atoms with van der Waals surface area (Å²) in [6.07, 6.45) is 7.19. The van der Waals surface area contributed by atoms with Gasteiger partial charge in [0.25, 0.3) is 0 Å². The Morgan fingerprint density at radius 3 is 2.34 bits per heavy atom. The van der Waals surface area contributed by atoms with Crippen LogP contribution >= 0.6 is 11.8 Å². The molecule has 7 nitrogen and oxygen atoms in total. The molecule has 5 rings (SSSR count). The molecule has 8 heteroatoms. The van der Waals surface area contributed by atoms with Crippen LogP contribution in [0.2, 0.25) is 0 Å². The normalized spacial score (nSPS) is 16.1. The SMILES string of the molecule is CC(c1cc(Sc2n[nH]c(Nc3c4c(cc5c3CCC5)CCC4)n2)nn1C(C)C)N(C)C. The smallest absolute Gasteiger partial charge is 0.224 e. The Hall–Kier alpha value is -2.32. The number of H-pyrrole nitrogens is 1. The van der Waals surface area contributed by atoms with Gasteiger partial charge in [0.1, 0.15) is 5.03 Å². The number of aryl methyl sites for hydroxylation is 2. The van der Waals surface area contributed by atoms with Gasteiger partial charge in [-0.25, -0.2) is 5.10 Å². The summed E-state index contributed by atoms with van der Waals surface area (Å²) < 4.78 is 2.11. The van der Waals surface area contributed by atoms with Gasteiger partial charge in [-0.15, -0.1) is 5.10 Å². The summed E-state index contributed by atoms with van der Waals surface area (Å²) in [5.41, 5.74) is 8.49. The average Bonchev–Trinajstić information content (AvgIpc) is 3.53. The lowest BCUT2D eigenvalue weighted by molar-refractivity contribution is 0.298. The Morgan fingerprint density at radius 2 is 1.72 bits per heavy atom. The van der Waals surface area contributed by atoms with Gasteiger partial charge in [0, 0.05) is 17.8 Å². The molecule has 170 valence electrons. The number of nitrogens with zero attached hydrogens (tertiary/aromatic N) is 5. The number of aromatic nitrogens is 5. The quantitative estimate of drug-likeness (QED) is 0.522. The van der Waals surface area contributed by atoms with Crippen LogP contribution in [0.15, 0.2) is 22.3 Å². The maximum atomic E-state index is 4.83. The highest BCUT2D eigenvalue weighted by molar-refractivity contribution is 7.99. The minimum Gasteiger partial charge on any atom is -0.324 e. The maximum absolute atomic E-state index is 4.83. The Balaban J connectivity index is 1.38. The number of aromatic amines is 1. The largest absolute Gasteiger partial charge is 0.324 e. The van der Waals surface area contributed by atoms with E-state index in [9.17, 15) is 0 Å². The van der Waals surface area contributed by atoms with E-state index >= 15 is 0 Å². The Bertz CT molecular complexity index is 1100. The van der Waals surface area contributed by atoms with Crippen LogP contribution in [0.4, 0.5) is 11.6 Å². The van der Waals surface area contributed by atoms with E-state index in [1.54, 1.807) is 0 Å². The zero-order chi connectivity index (χ0) is 22.4. The van der Waals surface area contributed by atoms with E-state index in [0.29, 0.717) is 17.1 Å². The average molecular weight is 452 g/mol. The molecule has 2 N–H and O–H groups in total. The molecule has 1 unspecified atom stereocenters. The minimum absolute atomic E-state index is 0.283. The first-order valence-electron chi connectivity index (χ1n) is 11.7. The second-order valence-electron chi connectivity index (χ2n) is 9.51. The van der Waals surface area contributed by atoms with Crippen molar-refractivity contribution in [3.63, 3.8) is 0 Å². The first-order chi connectivity index (χ1) is 15.4. The molecule has 3 aromatic rings. The van der Waals surface area contributed by atoms with E-state index in [1.165, 1.54) is 71.1 Å². The van der Waals surface area contributed by atoms with E-state index in [0.717, 1.165) is 17.9 Å². The zero-order valence-corrected chi connectivity index (χ0v) is 20.5. The zero-order valence-electron chi connectivity index (χ0n) is 19.7. The molecule has 2 aliphatic carbocycles. The summed E-state index contributed by atoms with van der Waals surface area (Å²) in [6, 6.07) is 5.20. The number of hydrogen-bond acceptors (Lipinski definition) is 6. The van der Waals surface area contributed by atoms with Crippen LogP contribution in [-0.4, -0.2) is 44.0 Å². The van der Waals surface area contributed by atoms with Crippen LogP contribution in [0.5, 0.6) is 0 Å². The third-order valence-corrected chi connectivity index (χ3v) is 7.58. The van der Waals surface area contributed by atoms with Crippen molar-refractivity contribution in [3.05, 3.63) is 40.1 Å². The first-order valence-corrected chi connectivity index (χ1v) is 12.5. The third-order valence-electron chi connectivity index (χ3n) is 6.81. The Kier molecular flexibility index (Phi) is 5.75. The van der Waals surface area contributed by atoms with Crippen molar-refractivity contribution in [2.24, 2.45) is 0 Å². The predicted octanol–water partition coefficient (Wildman–Crippen LogP) is 5.08. The van der Waals surface area contributed by atoms with Gasteiger partial charge >= 0.3 is 0 Å². The van der Waals surface area contributed by atoms with Crippen LogP contribution in [0, 0.1) is 0 Å². The summed E-state index contributed by atoms with van der Waals surface area (Å²) >= 11 is 1.51. The number of benzene rings is 1. The van der Waals surface area contributed by atoms with Crippen molar-refractivity contribution in [1.29, 1.82) is 0 Å². The first kappa shape index (κ1) is 21.5. The summed E-state index contributed by atoms with van der Waals surface area (Å²) in [6.45, 7) is 6.54. The van der Waals surface area contributed by atoms with Crippen molar-refractivity contribution in [2.45, 2.75) is 81.6 Å². The van der Waals surface area contributed by atoms with Gasteiger partial charge in [-0.05, 0) is 113 Å². The molecule has 1 atom stereocenters. The molecule has 2 aromatic heterocycles. The second-order valence-corrected chi connectivity index (χ2v) is 10.5. The molecule has 32 heavy (non-hydrogen) atoms. The van der Waals surface area contributed by atoms with Gasteiger partial charge in [-0.1, -0.05) is 6.07 Å². The molecule has 0 saturated heterocycles. The van der Waals surface area contributed by atoms with Crippen LogP contribution in [0.3, 0.4) is 0 Å². The van der Waals surface area contributed by atoms with Crippen molar-refractivity contribution in [2.75, 3.05) is 19.4 Å². The highest BCUT2D eigenvalue weighted by Crippen LogP contribution is 2.39. The predicted molar refractivity (Wildman–Crippen MR) is 129 cm³/mol. The Labute approximate surface area is 194 Å². The van der Waals surface area contributed by atoms with Crippen molar-refractivity contribution in [3.8, 4) is 0 Å². The van der Waals surface area contributed by atoms with Crippen molar-refractivity contribution >= 4 is 23.4 Å². The lowest BCUT2D eigenvalue weighted by Crippen LogP contribution is -2.21. The lowest BCUT2D eigenvalue weighted by atomic mass is 9.99. The van der Waals surface area contributed by atoms with Crippen LogP contribution in [0.25, 0.3) is 0 Å². The van der Waals surface area contributed by atoms with E-state index in [4.69, 9.17) is 10.1 Å². The molecule has 0 amide bonds. The van der Waals surface area contributed by atoms with E-state index in [1.807, 2.05) is 0 Å². The summed E-state index contributed by atoms with van der Waals surface area (Å²) in [7, 11) is 4.19. The number of anilines is 2. The number of nitrogens with one attached hydrogen (secondary N) is 2. The van der Waals surface area contributed by atoms with Gasteiger partial charge in [0.2, 0.25) is 11.1 Å². The molecule has 1 aromatic carbocycles. The van der Waals surface area contributed by atoms with Gasteiger partial charge < -0.3 is 10.2 Å². The van der Waals surface area contributed by atoms with Crippen molar-refractivity contribution in [1.82, 2.24) is 29.9 Å². The van der Waals surface area contributed by atoms with Crippen molar-refractivity contribution < 1.29 is 0 Å². The monoisotopic (exact) mass is 451 g/mol. The molecule has 2 aliphatic rings. The molecular formula is C24H33N7S. The molecule has 0 spiro atoms. The fourth-order valence-electron chi connectivity index (χ4n) is 4.95. The third kappa shape index (κ3) is 3.94. The van der Waals surface area contributed by atoms with Crippen LogP contribution in [-0.2, 0) is 25.7 Å². The van der Waals surface area contributed by atoms with Gasteiger partial charge in [0.05, 0.1) is 5.69 Å². The highest BCUT2D eigenvalue weighted by atomic mass is 32.2. The fourth-order valence-corrected chi connectivity index (χ4v) is 5.68. The number of fused-ring (bicyclic) bond motifs is 2. The molecule has 2 heterocycles. The molecule has 0 radical (unpaired) electrons.